The van der Waals surface area contributed by atoms with E-state index < -0.39 is 0 Å². The number of carbonyl (C=O) groups is 1. The number of fused-ring (bicyclic) bond motifs is 2. The van der Waals surface area contributed by atoms with Gasteiger partial charge in [0, 0.05) is 5.02 Å². The number of hydrogen-bond acceptors (Lipinski definition) is 4. The minimum Gasteiger partial charge on any atom is -0.489 e. The van der Waals surface area contributed by atoms with Crippen LogP contribution in [0.3, 0.4) is 0 Å². The molecule has 1 aliphatic heterocycles. The van der Waals surface area contributed by atoms with Gasteiger partial charge in [0.25, 0.3) is 5.56 Å². The number of carbonyl (C=O) groups excluding carboxylic acids is 1. The van der Waals surface area contributed by atoms with Crippen molar-refractivity contribution in [2.75, 3.05) is 11.5 Å². The van der Waals surface area contributed by atoms with E-state index in [-0.39, 0.29) is 24.1 Å². The van der Waals surface area contributed by atoms with E-state index >= 15 is 0 Å². The van der Waals surface area contributed by atoms with Crippen molar-refractivity contribution in [3.05, 3.63) is 100 Å². The van der Waals surface area contributed by atoms with Crippen LogP contribution in [0.5, 0.6) is 5.75 Å². The Balaban J connectivity index is 1.55. The molecule has 5 rings (SSSR count). The maximum absolute atomic E-state index is 13.5. The Labute approximate surface area is 183 Å². The van der Waals surface area contributed by atoms with E-state index in [4.69, 9.17) is 16.3 Å². The van der Waals surface area contributed by atoms with Crippen molar-refractivity contribution in [3.8, 4) is 5.75 Å². The number of anilines is 1. The number of para-hydroxylation sites is 2. The lowest BCUT2D eigenvalue weighted by Gasteiger charge is -2.37. The van der Waals surface area contributed by atoms with Crippen LogP contribution in [0.2, 0.25) is 5.02 Å². The van der Waals surface area contributed by atoms with Crippen molar-refractivity contribution in [1.82, 2.24) is 9.55 Å². The summed E-state index contributed by atoms with van der Waals surface area (Å²) in [6, 6.07) is 21.8. The van der Waals surface area contributed by atoms with Crippen molar-refractivity contribution in [2.45, 2.75) is 12.6 Å². The first-order valence-electron chi connectivity index (χ1n) is 9.85. The third-order valence-corrected chi connectivity index (χ3v) is 5.61. The van der Waals surface area contributed by atoms with Gasteiger partial charge in [0.15, 0.2) is 0 Å². The molecule has 154 valence electrons. The molecule has 7 heteroatoms. The van der Waals surface area contributed by atoms with Crippen molar-refractivity contribution in [3.63, 3.8) is 0 Å². The smallest absolute Gasteiger partial charge is 0.261 e. The predicted octanol–water partition coefficient (Wildman–Crippen LogP) is 4.22. The number of amides is 1. The van der Waals surface area contributed by atoms with E-state index in [0.29, 0.717) is 34.0 Å². The molecule has 0 aliphatic carbocycles. The van der Waals surface area contributed by atoms with Gasteiger partial charge in [-0.05, 0) is 35.9 Å². The molecule has 4 aromatic rings. The zero-order valence-electron chi connectivity index (χ0n) is 16.4. The van der Waals surface area contributed by atoms with Crippen LogP contribution in [-0.4, -0.2) is 22.1 Å². The third-order valence-electron chi connectivity index (χ3n) is 5.38. The standard InChI is InChI=1S/C24H18ClN3O3/c25-17-10-11-19-18(12-17)24(30)27(15-26-19)13-23(29)28-20-8-4-5-9-22(20)31-14-21(28)16-6-2-1-3-7-16/h1-12,15,21H,13-14H2/t21-/m0/s1. The summed E-state index contributed by atoms with van der Waals surface area (Å²) < 4.78 is 7.25. The van der Waals surface area contributed by atoms with Crippen LogP contribution in [0.4, 0.5) is 5.69 Å². The van der Waals surface area contributed by atoms with Gasteiger partial charge in [0.1, 0.15) is 18.9 Å². The predicted molar refractivity (Wildman–Crippen MR) is 120 cm³/mol. The molecule has 0 fully saturated rings. The monoisotopic (exact) mass is 431 g/mol. The topological polar surface area (TPSA) is 64.4 Å². The van der Waals surface area contributed by atoms with E-state index in [9.17, 15) is 9.59 Å². The summed E-state index contributed by atoms with van der Waals surface area (Å²) >= 11 is 6.05. The van der Waals surface area contributed by atoms with Crippen LogP contribution in [-0.2, 0) is 11.3 Å². The molecule has 0 spiro atoms. The molecule has 6 nitrogen and oxygen atoms in total. The molecule has 31 heavy (non-hydrogen) atoms. The van der Waals surface area contributed by atoms with E-state index in [1.807, 2.05) is 54.6 Å². The summed E-state index contributed by atoms with van der Waals surface area (Å²) in [5.41, 5.74) is 1.87. The van der Waals surface area contributed by atoms with Crippen LogP contribution in [0.1, 0.15) is 11.6 Å². The van der Waals surface area contributed by atoms with E-state index in [1.54, 1.807) is 23.1 Å². The summed E-state index contributed by atoms with van der Waals surface area (Å²) in [5, 5.41) is 0.825. The second-order valence-electron chi connectivity index (χ2n) is 7.31. The summed E-state index contributed by atoms with van der Waals surface area (Å²) in [7, 11) is 0. The van der Waals surface area contributed by atoms with Gasteiger partial charge in [-0.2, -0.15) is 0 Å². The van der Waals surface area contributed by atoms with E-state index in [2.05, 4.69) is 4.98 Å². The quantitative estimate of drug-likeness (QED) is 0.487. The molecular weight excluding hydrogens is 414 g/mol. The molecule has 0 saturated carbocycles. The van der Waals surface area contributed by atoms with Gasteiger partial charge in [-0.3, -0.25) is 19.1 Å². The second kappa shape index (κ2) is 7.89. The molecule has 1 amide bonds. The SMILES string of the molecule is O=C(Cn1cnc2ccc(Cl)cc2c1=O)N1c2ccccc2OC[C@H]1c1ccccc1. The first kappa shape index (κ1) is 19.3. The molecule has 0 radical (unpaired) electrons. The number of hydrogen-bond donors (Lipinski definition) is 0. The van der Waals surface area contributed by atoms with Gasteiger partial charge in [-0.15, -0.1) is 0 Å². The first-order valence-corrected chi connectivity index (χ1v) is 10.2. The Hall–Kier alpha value is -3.64. The van der Waals surface area contributed by atoms with Gasteiger partial charge in [-0.1, -0.05) is 54.1 Å². The summed E-state index contributed by atoms with van der Waals surface area (Å²) in [6.07, 6.45) is 1.40. The van der Waals surface area contributed by atoms with Crippen LogP contribution in [0.25, 0.3) is 10.9 Å². The molecule has 2 heterocycles. The highest BCUT2D eigenvalue weighted by molar-refractivity contribution is 6.31. The maximum Gasteiger partial charge on any atom is 0.261 e. The summed E-state index contributed by atoms with van der Waals surface area (Å²) in [6.45, 7) is 0.180. The van der Waals surface area contributed by atoms with Gasteiger partial charge in [-0.25, -0.2) is 4.98 Å². The highest BCUT2D eigenvalue weighted by Crippen LogP contribution is 2.39. The van der Waals surface area contributed by atoms with Crippen molar-refractivity contribution in [2.24, 2.45) is 0 Å². The molecule has 0 N–H and O–H groups in total. The Morgan fingerprint density at radius 3 is 2.68 bits per heavy atom. The minimum absolute atomic E-state index is 0.147. The zero-order valence-corrected chi connectivity index (χ0v) is 17.2. The number of halogens is 1. The molecule has 0 saturated heterocycles. The molecule has 3 aromatic carbocycles. The highest BCUT2D eigenvalue weighted by atomic mass is 35.5. The Bertz CT molecular complexity index is 1340. The number of aromatic nitrogens is 2. The molecule has 0 unspecified atom stereocenters. The number of nitrogens with zero attached hydrogens (tertiary/aromatic N) is 3. The van der Waals surface area contributed by atoms with Crippen LogP contribution >= 0.6 is 11.6 Å². The lowest BCUT2D eigenvalue weighted by Crippen LogP contribution is -2.43. The Morgan fingerprint density at radius 1 is 1.06 bits per heavy atom. The lowest BCUT2D eigenvalue weighted by molar-refractivity contribution is -0.120. The van der Waals surface area contributed by atoms with Crippen molar-refractivity contribution >= 4 is 34.1 Å². The summed E-state index contributed by atoms with van der Waals surface area (Å²) in [4.78, 5) is 32.5. The Morgan fingerprint density at radius 2 is 1.84 bits per heavy atom. The molecule has 0 bridgehead atoms. The molecule has 1 aromatic heterocycles. The average Bonchev–Trinajstić information content (AvgIpc) is 2.81. The Kier molecular flexibility index (Phi) is 4.92. The fourth-order valence-corrected chi connectivity index (χ4v) is 4.06. The minimum atomic E-state index is -0.307. The van der Waals surface area contributed by atoms with E-state index in [0.717, 1.165) is 5.56 Å². The third kappa shape index (κ3) is 3.55. The van der Waals surface area contributed by atoms with Gasteiger partial charge >= 0.3 is 0 Å². The second-order valence-corrected chi connectivity index (χ2v) is 7.74. The highest BCUT2D eigenvalue weighted by Gasteiger charge is 2.33. The summed E-state index contributed by atoms with van der Waals surface area (Å²) in [5.74, 6) is 0.411. The molecular formula is C24H18ClN3O3. The van der Waals surface area contributed by atoms with Crippen molar-refractivity contribution < 1.29 is 9.53 Å². The zero-order chi connectivity index (χ0) is 21.4. The number of ether oxygens (including phenoxy) is 1. The number of benzene rings is 3. The first-order chi connectivity index (χ1) is 15.1. The van der Waals surface area contributed by atoms with Crippen LogP contribution in [0, 0.1) is 0 Å². The number of rotatable bonds is 3. The van der Waals surface area contributed by atoms with E-state index in [1.165, 1.54) is 10.9 Å². The van der Waals surface area contributed by atoms with Gasteiger partial charge < -0.3 is 4.74 Å². The molecule has 1 atom stereocenters. The lowest BCUT2D eigenvalue weighted by atomic mass is 10.0. The fourth-order valence-electron chi connectivity index (χ4n) is 3.88. The van der Waals surface area contributed by atoms with Gasteiger partial charge in [0.2, 0.25) is 5.91 Å². The van der Waals surface area contributed by atoms with Crippen LogP contribution < -0.4 is 15.2 Å². The molecule has 1 aliphatic rings. The maximum atomic E-state index is 13.5. The average molecular weight is 432 g/mol. The fraction of sp³-hybridized carbons (Fsp3) is 0.125. The van der Waals surface area contributed by atoms with Gasteiger partial charge in [0.05, 0.1) is 29.0 Å². The van der Waals surface area contributed by atoms with Crippen LogP contribution in [0.15, 0.2) is 83.9 Å². The normalized spacial score (nSPS) is 15.4. The largest absolute Gasteiger partial charge is 0.489 e. The van der Waals surface area contributed by atoms with Crippen molar-refractivity contribution in [1.29, 1.82) is 0 Å².